The van der Waals surface area contributed by atoms with Crippen LogP contribution in [0.15, 0.2) is 76.7 Å². The quantitative estimate of drug-likeness (QED) is 0.232. The molecule has 0 aliphatic heterocycles. The van der Waals surface area contributed by atoms with Crippen molar-refractivity contribution in [3.63, 3.8) is 0 Å². The number of halogens is 1. The highest BCUT2D eigenvalue weighted by atomic mass is 35.5. The van der Waals surface area contributed by atoms with Gasteiger partial charge in [0.15, 0.2) is 10.9 Å². The third-order valence-corrected chi connectivity index (χ3v) is 6.09. The van der Waals surface area contributed by atoms with Crippen molar-refractivity contribution in [2.24, 2.45) is 0 Å². The van der Waals surface area contributed by atoms with Crippen LogP contribution in [0.4, 0.5) is 5.69 Å². The van der Waals surface area contributed by atoms with Crippen molar-refractivity contribution in [3.05, 3.63) is 93.2 Å². The average molecular weight is 478 g/mol. The molecular formula is C25H20ClN3O3S. The van der Waals surface area contributed by atoms with Gasteiger partial charge in [-0.1, -0.05) is 35.5 Å². The van der Waals surface area contributed by atoms with Crippen LogP contribution in [0.1, 0.15) is 22.8 Å². The molecule has 0 unspecified atom stereocenters. The van der Waals surface area contributed by atoms with Crippen molar-refractivity contribution in [3.8, 4) is 5.69 Å². The summed E-state index contributed by atoms with van der Waals surface area (Å²) in [5, 5.41) is 4.01. The Kier molecular flexibility index (Phi) is 6.62. The summed E-state index contributed by atoms with van der Waals surface area (Å²) in [4.78, 5) is 42.0. The maximum absolute atomic E-state index is 13.4. The Morgan fingerprint density at radius 1 is 1.06 bits per heavy atom. The Labute approximate surface area is 199 Å². The van der Waals surface area contributed by atoms with Gasteiger partial charge in [0.1, 0.15) is 0 Å². The van der Waals surface area contributed by atoms with Gasteiger partial charge in [0.05, 0.1) is 22.3 Å². The van der Waals surface area contributed by atoms with Gasteiger partial charge >= 0.3 is 0 Å². The molecule has 0 saturated heterocycles. The van der Waals surface area contributed by atoms with E-state index in [1.54, 1.807) is 42.5 Å². The van der Waals surface area contributed by atoms with E-state index in [9.17, 15) is 14.4 Å². The summed E-state index contributed by atoms with van der Waals surface area (Å²) in [6.07, 6.45) is 0. The van der Waals surface area contributed by atoms with Crippen LogP contribution in [0.25, 0.3) is 16.6 Å². The SMILES string of the molecule is CC(=O)Nc1ccc(C(=O)CSc2nc3cc(Cl)ccc3c(=O)n2-c2cccc(C)c2)cc1. The first kappa shape index (κ1) is 22.8. The summed E-state index contributed by atoms with van der Waals surface area (Å²) in [7, 11) is 0. The molecular weight excluding hydrogens is 458 g/mol. The van der Waals surface area contributed by atoms with Crippen molar-refractivity contribution >= 4 is 51.6 Å². The number of fused-ring (bicyclic) bond motifs is 1. The fourth-order valence-electron chi connectivity index (χ4n) is 3.39. The van der Waals surface area contributed by atoms with Crippen LogP contribution in [-0.2, 0) is 4.79 Å². The van der Waals surface area contributed by atoms with Gasteiger partial charge in [0.25, 0.3) is 5.56 Å². The summed E-state index contributed by atoms with van der Waals surface area (Å²) in [6.45, 7) is 3.37. The minimum atomic E-state index is -0.225. The monoisotopic (exact) mass is 477 g/mol. The number of hydrogen-bond acceptors (Lipinski definition) is 5. The molecule has 0 aliphatic carbocycles. The molecule has 8 heteroatoms. The molecule has 4 aromatic rings. The van der Waals surface area contributed by atoms with E-state index < -0.39 is 0 Å². The number of nitrogens with one attached hydrogen (secondary N) is 1. The van der Waals surface area contributed by atoms with Crippen LogP contribution in [0.2, 0.25) is 5.02 Å². The number of aromatic nitrogens is 2. The molecule has 3 aromatic carbocycles. The zero-order valence-electron chi connectivity index (χ0n) is 18.0. The highest BCUT2D eigenvalue weighted by Crippen LogP contribution is 2.24. The number of aryl methyl sites for hydroxylation is 1. The molecule has 1 heterocycles. The Balaban J connectivity index is 1.69. The normalized spacial score (nSPS) is 10.9. The topological polar surface area (TPSA) is 81.1 Å². The van der Waals surface area contributed by atoms with Gasteiger partial charge in [-0.15, -0.1) is 0 Å². The summed E-state index contributed by atoms with van der Waals surface area (Å²) >= 11 is 7.31. The molecule has 4 rings (SSSR count). The van der Waals surface area contributed by atoms with E-state index in [1.165, 1.54) is 23.3 Å². The van der Waals surface area contributed by atoms with Crippen LogP contribution in [0, 0.1) is 6.92 Å². The Hall–Kier alpha value is -3.42. The van der Waals surface area contributed by atoms with Gasteiger partial charge in [-0.2, -0.15) is 0 Å². The summed E-state index contributed by atoms with van der Waals surface area (Å²) in [6, 6.07) is 19.2. The van der Waals surface area contributed by atoms with Gasteiger partial charge < -0.3 is 5.32 Å². The second-order valence-electron chi connectivity index (χ2n) is 7.51. The van der Waals surface area contributed by atoms with E-state index in [-0.39, 0.29) is 23.0 Å². The number of benzene rings is 3. The largest absolute Gasteiger partial charge is 0.326 e. The standard InChI is InChI=1S/C25H20ClN3O3S/c1-15-4-3-5-20(12-15)29-24(32)21-11-8-18(26)13-22(21)28-25(29)33-14-23(31)17-6-9-19(10-7-17)27-16(2)30/h3-13H,14H2,1-2H3,(H,27,30). The van der Waals surface area contributed by atoms with E-state index in [1.807, 2.05) is 31.2 Å². The van der Waals surface area contributed by atoms with Crippen molar-refractivity contribution in [2.75, 3.05) is 11.1 Å². The number of rotatable bonds is 6. The van der Waals surface area contributed by atoms with Gasteiger partial charge in [-0.3, -0.25) is 19.0 Å². The van der Waals surface area contributed by atoms with Crippen LogP contribution in [0.3, 0.4) is 0 Å². The number of ketones is 1. The van der Waals surface area contributed by atoms with Gasteiger partial charge in [0, 0.05) is 23.2 Å². The van der Waals surface area contributed by atoms with E-state index in [0.29, 0.717) is 38.0 Å². The second kappa shape index (κ2) is 9.60. The highest BCUT2D eigenvalue weighted by Gasteiger charge is 2.16. The first-order valence-corrected chi connectivity index (χ1v) is 11.5. The van der Waals surface area contributed by atoms with Crippen molar-refractivity contribution < 1.29 is 9.59 Å². The number of thioether (sulfide) groups is 1. The third-order valence-electron chi connectivity index (χ3n) is 4.92. The molecule has 1 N–H and O–H groups in total. The molecule has 6 nitrogen and oxygen atoms in total. The summed E-state index contributed by atoms with van der Waals surface area (Å²) < 4.78 is 1.53. The summed E-state index contributed by atoms with van der Waals surface area (Å²) in [5.41, 5.74) is 3.06. The number of anilines is 1. The zero-order chi connectivity index (χ0) is 23.5. The average Bonchev–Trinajstić information content (AvgIpc) is 2.77. The van der Waals surface area contributed by atoms with E-state index in [4.69, 9.17) is 11.6 Å². The maximum atomic E-state index is 13.4. The first-order valence-electron chi connectivity index (χ1n) is 10.1. The van der Waals surface area contributed by atoms with E-state index >= 15 is 0 Å². The number of nitrogens with zero attached hydrogens (tertiary/aromatic N) is 2. The van der Waals surface area contributed by atoms with E-state index in [2.05, 4.69) is 10.3 Å². The lowest BCUT2D eigenvalue weighted by Crippen LogP contribution is -2.22. The molecule has 33 heavy (non-hydrogen) atoms. The number of hydrogen-bond donors (Lipinski definition) is 1. The van der Waals surface area contributed by atoms with Gasteiger partial charge in [0.2, 0.25) is 5.91 Å². The fraction of sp³-hybridized carbons (Fsp3) is 0.120. The Morgan fingerprint density at radius 3 is 2.52 bits per heavy atom. The predicted octanol–water partition coefficient (Wildman–Crippen LogP) is 5.28. The van der Waals surface area contributed by atoms with Crippen LogP contribution in [-0.4, -0.2) is 27.0 Å². The first-order chi connectivity index (χ1) is 15.8. The second-order valence-corrected chi connectivity index (χ2v) is 8.88. The third kappa shape index (κ3) is 5.16. The fourth-order valence-corrected chi connectivity index (χ4v) is 4.46. The number of amides is 1. The Bertz CT molecular complexity index is 1430. The predicted molar refractivity (Wildman–Crippen MR) is 133 cm³/mol. The minimum Gasteiger partial charge on any atom is -0.326 e. The molecule has 166 valence electrons. The maximum Gasteiger partial charge on any atom is 0.266 e. The molecule has 0 atom stereocenters. The summed E-state index contributed by atoms with van der Waals surface area (Å²) in [5.74, 6) is -0.212. The van der Waals surface area contributed by atoms with Crippen LogP contribution >= 0.6 is 23.4 Å². The molecule has 0 saturated carbocycles. The zero-order valence-corrected chi connectivity index (χ0v) is 19.5. The van der Waals surface area contributed by atoms with Crippen molar-refractivity contribution in [2.45, 2.75) is 19.0 Å². The van der Waals surface area contributed by atoms with Gasteiger partial charge in [-0.25, -0.2) is 4.98 Å². The lowest BCUT2D eigenvalue weighted by Gasteiger charge is -2.14. The molecule has 0 spiro atoms. The smallest absolute Gasteiger partial charge is 0.266 e. The molecule has 0 bridgehead atoms. The molecule has 1 aromatic heterocycles. The van der Waals surface area contributed by atoms with Crippen molar-refractivity contribution in [1.29, 1.82) is 0 Å². The highest BCUT2D eigenvalue weighted by molar-refractivity contribution is 7.99. The van der Waals surface area contributed by atoms with E-state index in [0.717, 1.165) is 5.56 Å². The lowest BCUT2D eigenvalue weighted by molar-refractivity contribution is -0.114. The lowest BCUT2D eigenvalue weighted by atomic mass is 10.1. The number of carbonyl (C=O) groups excluding carboxylic acids is 2. The number of carbonyl (C=O) groups is 2. The minimum absolute atomic E-state index is 0.0871. The van der Waals surface area contributed by atoms with Gasteiger partial charge in [-0.05, 0) is 67.1 Å². The molecule has 1 amide bonds. The molecule has 0 radical (unpaired) electrons. The Morgan fingerprint density at radius 2 is 1.82 bits per heavy atom. The molecule has 0 fully saturated rings. The van der Waals surface area contributed by atoms with Crippen LogP contribution in [0.5, 0.6) is 0 Å². The van der Waals surface area contributed by atoms with Crippen LogP contribution < -0.4 is 10.9 Å². The van der Waals surface area contributed by atoms with Crippen molar-refractivity contribution in [1.82, 2.24) is 9.55 Å². The molecule has 0 aliphatic rings. The number of Topliss-reactive ketones (excluding diaryl/α,β-unsaturated/α-hetero) is 1.